The van der Waals surface area contributed by atoms with Crippen LogP contribution in [0.2, 0.25) is 0 Å². The number of hydrogen-bond donors (Lipinski definition) is 3. The van der Waals surface area contributed by atoms with E-state index in [0.29, 0.717) is 70.4 Å². The van der Waals surface area contributed by atoms with Crippen molar-refractivity contribution in [2.75, 3.05) is 72.8 Å². The van der Waals surface area contributed by atoms with Crippen LogP contribution < -0.4 is 11.5 Å². The van der Waals surface area contributed by atoms with Crippen molar-refractivity contribution in [3.8, 4) is 0 Å². The number of ether oxygens (including phenoxy) is 2. The maximum Gasteiger partial charge on any atom is 0.305 e. The summed E-state index contributed by atoms with van der Waals surface area (Å²) >= 11 is 4.34. The number of nitrogens with zero attached hydrogens (tertiary/aromatic N) is 3. The van der Waals surface area contributed by atoms with E-state index in [1.165, 1.54) is 0 Å². The Morgan fingerprint density at radius 2 is 1.09 bits per heavy atom. The Balaban J connectivity index is 2.49. The highest BCUT2D eigenvalue weighted by atomic mass is 32.1. The van der Waals surface area contributed by atoms with Crippen LogP contribution in [0.5, 0.6) is 0 Å². The second-order valence-electron chi connectivity index (χ2n) is 8.92. The van der Waals surface area contributed by atoms with Crippen LogP contribution in [0, 0.1) is 0 Å². The van der Waals surface area contributed by atoms with Gasteiger partial charge in [-0.25, -0.2) is 0 Å². The Bertz CT molecular complexity index is 517. The van der Waals surface area contributed by atoms with Crippen molar-refractivity contribution in [1.82, 2.24) is 14.7 Å². The SMILES string of the molecule is CN(CCCS)C1C(N(C)CCOC(=O)CCCCN)C1N(C)CCOC(=O)CCCCN. The lowest BCUT2D eigenvalue weighted by atomic mass is 10.2. The maximum absolute atomic E-state index is 11.9. The van der Waals surface area contributed by atoms with Gasteiger partial charge in [-0.05, 0) is 78.6 Å². The lowest BCUT2D eigenvalue weighted by molar-refractivity contribution is -0.145. The summed E-state index contributed by atoms with van der Waals surface area (Å²) < 4.78 is 10.8. The third-order valence-electron chi connectivity index (χ3n) is 6.19. The molecule has 9 nitrogen and oxygen atoms in total. The van der Waals surface area contributed by atoms with Gasteiger partial charge in [0.05, 0.1) is 0 Å². The molecule has 1 aliphatic carbocycles. The highest BCUT2D eigenvalue weighted by Crippen LogP contribution is 2.36. The van der Waals surface area contributed by atoms with Gasteiger partial charge in [0.25, 0.3) is 0 Å². The van der Waals surface area contributed by atoms with E-state index in [1.54, 1.807) is 0 Å². The summed E-state index contributed by atoms with van der Waals surface area (Å²) in [6, 6.07) is 1.03. The molecular weight excluding hydrogens is 442 g/mol. The molecule has 33 heavy (non-hydrogen) atoms. The lowest BCUT2D eigenvalue weighted by Gasteiger charge is -2.20. The van der Waals surface area contributed by atoms with Gasteiger partial charge < -0.3 is 25.8 Å². The van der Waals surface area contributed by atoms with Gasteiger partial charge in [-0.15, -0.1) is 0 Å². The van der Waals surface area contributed by atoms with Crippen LogP contribution in [0.25, 0.3) is 0 Å². The molecule has 194 valence electrons. The van der Waals surface area contributed by atoms with Crippen molar-refractivity contribution in [2.45, 2.75) is 63.1 Å². The third-order valence-corrected chi connectivity index (χ3v) is 6.51. The second-order valence-corrected chi connectivity index (χ2v) is 9.37. The molecule has 1 aliphatic rings. The number of carbonyl (C=O) groups is 2. The molecule has 10 heteroatoms. The molecule has 0 radical (unpaired) electrons. The zero-order valence-corrected chi connectivity index (χ0v) is 21.8. The Hall–Kier alpha value is -0.910. The van der Waals surface area contributed by atoms with Crippen molar-refractivity contribution in [2.24, 2.45) is 11.5 Å². The predicted molar refractivity (Wildman–Crippen MR) is 135 cm³/mol. The van der Waals surface area contributed by atoms with E-state index in [9.17, 15) is 9.59 Å². The van der Waals surface area contributed by atoms with E-state index in [0.717, 1.165) is 44.4 Å². The molecule has 2 atom stereocenters. The monoisotopic (exact) mass is 489 g/mol. The molecule has 0 aromatic heterocycles. The molecule has 0 aliphatic heterocycles. The van der Waals surface area contributed by atoms with E-state index in [4.69, 9.17) is 20.9 Å². The molecule has 1 saturated carbocycles. The van der Waals surface area contributed by atoms with Crippen LogP contribution >= 0.6 is 12.6 Å². The van der Waals surface area contributed by atoms with Gasteiger partial charge in [0.15, 0.2) is 0 Å². The maximum atomic E-state index is 11.9. The normalized spacial score (nSPS) is 20.0. The molecule has 1 fully saturated rings. The van der Waals surface area contributed by atoms with E-state index >= 15 is 0 Å². The van der Waals surface area contributed by atoms with Crippen LogP contribution in [0.3, 0.4) is 0 Å². The van der Waals surface area contributed by atoms with Crippen molar-refractivity contribution in [3.63, 3.8) is 0 Å². The van der Waals surface area contributed by atoms with Gasteiger partial charge in [-0.2, -0.15) is 12.6 Å². The number of nitrogens with two attached hydrogens (primary N) is 2. The first kappa shape index (κ1) is 30.1. The van der Waals surface area contributed by atoms with Crippen molar-refractivity contribution < 1.29 is 19.1 Å². The second kappa shape index (κ2) is 17.5. The fraction of sp³-hybridized carbons (Fsp3) is 0.913. The molecule has 0 saturated heterocycles. The van der Waals surface area contributed by atoms with Crippen LogP contribution in [-0.2, 0) is 19.1 Å². The minimum Gasteiger partial charge on any atom is -0.464 e. The molecule has 0 aromatic rings. The number of likely N-dealkylation sites (N-methyl/N-ethyl adjacent to an activating group) is 3. The summed E-state index contributed by atoms with van der Waals surface area (Å²) in [6.45, 7) is 4.33. The Labute approximate surface area is 205 Å². The average Bonchev–Trinajstić information content (AvgIpc) is 3.54. The van der Waals surface area contributed by atoms with Gasteiger partial charge in [0, 0.05) is 44.1 Å². The molecule has 1 rings (SSSR count). The van der Waals surface area contributed by atoms with Crippen LogP contribution in [0.1, 0.15) is 44.9 Å². The molecule has 2 unspecified atom stereocenters. The topological polar surface area (TPSA) is 114 Å². The molecular formula is C23H47N5O4S. The molecule has 0 heterocycles. The van der Waals surface area contributed by atoms with Gasteiger partial charge in [0.2, 0.25) is 0 Å². The first-order valence-electron chi connectivity index (χ1n) is 12.3. The quantitative estimate of drug-likeness (QED) is 0.128. The van der Waals surface area contributed by atoms with Crippen LogP contribution in [-0.4, -0.2) is 118 Å². The summed E-state index contributed by atoms with van der Waals surface area (Å²) in [5.41, 5.74) is 10.9. The zero-order chi connectivity index (χ0) is 24.6. The van der Waals surface area contributed by atoms with Gasteiger partial charge in [0.1, 0.15) is 13.2 Å². The zero-order valence-electron chi connectivity index (χ0n) is 20.9. The Morgan fingerprint density at radius 3 is 1.45 bits per heavy atom. The fourth-order valence-corrected chi connectivity index (χ4v) is 4.32. The predicted octanol–water partition coefficient (Wildman–Crippen LogP) is 0.566. The van der Waals surface area contributed by atoms with Crippen LogP contribution in [0.4, 0.5) is 0 Å². The van der Waals surface area contributed by atoms with Crippen molar-refractivity contribution in [3.05, 3.63) is 0 Å². The van der Waals surface area contributed by atoms with Crippen LogP contribution in [0.15, 0.2) is 0 Å². The summed E-state index contributed by atoms with van der Waals surface area (Å²) in [5, 5.41) is 0. The van der Waals surface area contributed by atoms with E-state index in [1.807, 2.05) is 0 Å². The number of unbranched alkanes of at least 4 members (excludes halogenated alkanes) is 2. The highest BCUT2D eigenvalue weighted by Gasteiger charge is 2.56. The first-order valence-corrected chi connectivity index (χ1v) is 12.9. The fourth-order valence-electron chi connectivity index (χ4n) is 4.17. The molecule has 0 spiro atoms. The third kappa shape index (κ3) is 11.9. The number of rotatable bonds is 20. The number of carbonyl (C=O) groups excluding carboxylic acids is 2. The lowest BCUT2D eigenvalue weighted by Crippen LogP contribution is -2.34. The molecule has 4 N–H and O–H groups in total. The smallest absolute Gasteiger partial charge is 0.305 e. The van der Waals surface area contributed by atoms with Gasteiger partial charge >= 0.3 is 11.9 Å². The summed E-state index contributed by atoms with van der Waals surface area (Å²) in [4.78, 5) is 30.6. The Kier molecular flexibility index (Phi) is 16.0. The van der Waals surface area contributed by atoms with Gasteiger partial charge in [-0.3, -0.25) is 19.4 Å². The minimum atomic E-state index is -0.156. The van der Waals surface area contributed by atoms with E-state index in [-0.39, 0.29) is 11.9 Å². The number of thiol groups is 1. The van der Waals surface area contributed by atoms with Gasteiger partial charge in [-0.1, -0.05) is 0 Å². The van der Waals surface area contributed by atoms with E-state index < -0.39 is 0 Å². The highest BCUT2D eigenvalue weighted by molar-refractivity contribution is 7.80. The minimum absolute atomic E-state index is 0.156. The standard InChI is InChI=1S/C23H47N5O4S/c1-26(13-8-18-33)21-22(27(2)14-16-31-19(29)9-4-6-11-24)23(21)28(3)15-17-32-20(30)10-5-7-12-25/h21-23,33H,4-18,24-25H2,1-3H3. The average molecular weight is 490 g/mol. The largest absolute Gasteiger partial charge is 0.464 e. The Morgan fingerprint density at radius 1 is 0.697 bits per heavy atom. The molecule has 0 bridgehead atoms. The summed E-state index contributed by atoms with van der Waals surface area (Å²) in [5.74, 6) is 0.548. The number of esters is 2. The summed E-state index contributed by atoms with van der Waals surface area (Å²) in [7, 11) is 6.31. The van der Waals surface area contributed by atoms with Crippen molar-refractivity contribution >= 4 is 24.6 Å². The molecule has 0 aromatic carbocycles. The van der Waals surface area contributed by atoms with E-state index in [2.05, 4.69) is 48.5 Å². The number of hydrogen-bond acceptors (Lipinski definition) is 10. The first-order chi connectivity index (χ1) is 15.9. The summed E-state index contributed by atoms with van der Waals surface area (Å²) in [6.07, 6.45) is 5.12. The van der Waals surface area contributed by atoms with Crippen molar-refractivity contribution in [1.29, 1.82) is 0 Å². The molecule has 0 amide bonds.